The number of ether oxygens (including phenoxy) is 1. The molecule has 0 aliphatic carbocycles. The second-order valence-electron chi connectivity index (χ2n) is 3.65. The highest BCUT2D eigenvalue weighted by molar-refractivity contribution is 14.1. The standard InChI is InChI=1S/C13H12INO2/c1-9-6-10(8-16)7-13(15-9)17-12-5-3-2-4-11(12)14/h2-7,16H,8H2,1H3. The van der Waals surface area contributed by atoms with E-state index >= 15 is 0 Å². The predicted molar refractivity (Wildman–Crippen MR) is 74.1 cm³/mol. The number of aliphatic hydroxyl groups excluding tert-OH is 1. The Morgan fingerprint density at radius 3 is 2.76 bits per heavy atom. The second kappa shape index (κ2) is 5.46. The molecule has 2 rings (SSSR count). The maximum Gasteiger partial charge on any atom is 0.219 e. The Balaban J connectivity index is 2.30. The molecule has 0 atom stereocenters. The van der Waals surface area contributed by atoms with Crippen LogP contribution in [0.3, 0.4) is 0 Å². The molecule has 1 aromatic heterocycles. The smallest absolute Gasteiger partial charge is 0.219 e. The number of pyridine rings is 1. The molecule has 0 aliphatic heterocycles. The summed E-state index contributed by atoms with van der Waals surface area (Å²) in [5.74, 6) is 1.29. The van der Waals surface area contributed by atoms with Gasteiger partial charge in [0.25, 0.3) is 0 Å². The normalized spacial score (nSPS) is 10.3. The summed E-state index contributed by atoms with van der Waals surface area (Å²) in [5.41, 5.74) is 1.64. The molecule has 0 fully saturated rings. The summed E-state index contributed by atoms with van der Waals surface area (Å²) in [4.78, 5) is 4.28. The van der Waals surface area contributed by atoms with E-state index in [2.05, 4.69) is 27.6 Å². The highest BCUT2D eigenvalue weighted by Crippen LogP contribution is 2.25. The van der Waals surface area contributed by atoms with Gasteiger partial charge in [0.15, 0.2) is 0 Å². The quantitative estimate of drug-likeness (QED) is 0.872. The Morgan fingerprint density at radius 2 is 2.06 bits per heavy atom. The van der Waals surface area contributed by atoms with Crippen molar-refractivity contribution in [2.24, 2.45) is 0 Å². The minimum Gasteiger partial charge on any atom is -0.438 e. The molecule has 0 aliphatic rings. The maximum absolute atomic E-state index is 9.12. The van der Waals surface area contributed by atoms with Crippen molar-refractivity contribution in [1.82, 2.24) is 4.98 Å². The van der Waals surface area contributed by atoms with Crippen molar-refractivity contribution in [3.63, 3.8) is 0 Å². The number of para-hydroxylation sites is 1. The molecule has 2 aromatic rings. The Bertz CT molecular complexity index is 529. The van der Waals surface area contributed by atoms with Crippen molar-refractivity contribution >= 4 is 22.6 Å². The van der Waals surface area contributed by atoms with E-state index < -0.39 is 0 Å². The Morgan fingerprint density at radius 1 is 1.29 bits per heavy atom. The minimum atomic E-state index is -0.00833. The summed E-state index contributed by atoms with van der Waals surface area (Å²) < 4.78 is 6.73. The van der Waals surface area contributed by atoms with Gasteiger partial charge in [-0.3, -0.25) is 0 Å². The summed E-state index contributed by atoms with van der Waals surface area (Å²) >= 11 is 2.21. The summed E-state index contributed by atoms with van der Waals surface area (Å²) in [6, 6.07) is 11.3. The van der Waals surface area contributed by atoms with Crippen molar-refractivity contribution in [3.05, 3.63) is 51.2 Å². The number of hydrogen-bond donors (Lipinski definition) is 1. The van der Waals surface area contributed by atoms with Gasteiger partial charge in [-0.1, -0.05) is 12.1 Å². The summed E-state index contributed by atoms with van der Waals surface area (Å²) in [5, 5.41) is 9.12. The van der Waals surface area contributed by atoms with Gasteiger partial charge in [-0.15, -0.1) is 0 Å². The molecule has 1 heterocycles. The first-order chi connectivity index (χ1) is 8.19. The lowest BCUT2D eigenvalue weighted by Crippen LogP contribution is -1.94. The number of nitrogens with zero attached hydrogens (tertiary/aromatic N) is 1. The molecule has 0 bridgehead atoms. The number of aliphatic hydroxyl groups is 1. The van der Waals surface area contributed by atoms with Gasteiger partial charge in [-0.2, -0.15) is 0 Å². The number of aryl methyl sites for hydroxylation is 1. The lowest BCUT2D eigenvalue weighted by atomic mass is 10.2. The van der Waals surface area contributed by atoms with E-state index in [-0.39, 0.29) is 6.61 Å². The fourth-order valence-electron chi connectivity index (χ4n) is 1.49. The summed E-state index contributed by atoms with van der Waals surface area (Å²) in [6.45, 7) is 1.87. The molecule has 0 amide bonds. The van der Waals surface area contributed by atoms with Gasteiger partial charge in [-0.05, 0) is 53.3 Å². The molecule has 88 valence electrons. The Hall–Kier alpha value is -1.14. The summed E-state index contributed by atoms with van der Waals surface area (Å²) in [6.07, 6.45) is 0. The van der Waals surface area contributed by atoms with Crippen LogP contribution in [-0.2, 0) is 6.61 Å². The number of aromatic nitrogens is 1. The van der Waals surface area contributed by atoms with Crippen LogP contribution in [0.15, 0.2) is 36.4 Å². The lowest BCUT2D eigenvalue weighted by molar-refractivity contribution is 0.281. The predicted octanol–water partition coefficient (Wildman–Crippen LogP) is 3.28. The highest BCUT2D eigenvalue weighted by Gasteiger charge is 2.04. The van der Waals surface area contributed by atoms with E-state index in [9.17, 15) is 0 Å². The molecule has 1 aromatic carbocycles. The molecule has 17 heavy (non-hydrogen) atoms. The average molecular weight is 341 g/mol. The summed E-state index contributed by atoms with van der Waals surface area (Å²) in [7, 11) is 0. The first kappa shape index (κ1) is 12.3. The van der Waals surface area contributed by atoms with Gasteiger partial charge in [0, 0.05) is 11.8 Å². The first-order valence-electron chi connectivity index (χ1n) is 5.20. The van der Waals surface area contributed by atoms with E-state index in [1.807, 2.05) is 37.3 Å². The first-order valence-corrected chi connectivity index (χ1v) is 6.28. The van der Waals surface area contributed by atoms with Crippen molar-refractivity contribution in [2.75, 3.05) is 0 Å². The third-order valence-corrected chi connectivity index (χ3v) is 3.11. The number of rotatable bonds is 3. The zero-order valence-corrected chi connectivity index (χ0v) is 11.5. The average Bonchev–Trinajstić information content (AvgIpc) is 2.31. The Labute approximate surface area is 114 Å². The molecule has 0 saturated heterocycles. The zero-order valence-electron chi connectivity index (χ0n) is 9.35. The van der Waals surface area contributed by atoms with Gasteiger partial charge in [-0.25, -0.2) is 4.98 Å². The maximum atomic E-state index is 9.12. The van der Waals surface area contributed by atoms with Crippen LogP contribution in [0, 0.1) is 10.5 Å². The third kappa shape index (κ3) is 3.17. The van der Waals surface area contributed by atoms with Gasteiger partial charge >= 0.3 is 0 Å². The van der Waals surface area contributed by atoms with Crippen LogP contribution in [0.25, 0.3) is 0 Å². The second-order valence-corrected chi connectivity index (χ2v) is 4.81. The fraction of sp³-hybridized carbons (Fsp3) is 0.154. The van der Waals surface area contributed by atoms with Gasteiger partial charge < -0.3 is 9.84 Å². The largest absolute Gasteiger partial charge is 0.438 e. The monoisotopic (exact) mass is 341 g/mol. The van der Waals surface area contributed by atoms with Gasteiger partial charge in [0.2, 0.25) is 5.88 Å². The fourth-order valence-corrected chi connectivity index (χ4v) is 1.99. The highest BCUT2D eigenvalue weighted by atomic mass is 127. The SMILES string of the molecule is Cc1cc(CO)cc(Oc2ccccc2I)n1. The van der Waals surface area contributed by atoms with E-state index in [1.54, 1.807) is 6.07 Å². The number of benzene rings is 1. The molecular weight excluding hydrogens is 329 g/mol. The van der Waals surface area contributed by atoms with Crippen molar-refractivity contribution in [1.29, 1.82) is 0 Å². The number of hydrogen-bond acceptors (Lipinski definition) is 3. The third-order valence-electron chi connectivity index (χ3n) is 2.22. The molecule has 0 unspecified atom stereocenters. The van der Waals surface area contributed by atoms with Crippen LogP contribution in [0.1, 0.15) is 11.3 Å². The van der Waals surface area contributed by atoms with Crippen LogP contribution in [0.4, 0.5) is 0 Å². The van der Waals surface area contributed by atoms with Crippen LogP contribution in [0.5, 0.6) is 11.6 Å². The number of halogens is 1. The van der Waals surface area contributed by atoms with Crippen molar-refractivity contribution in [3.8, 4) is 11.6 Å². The Kier molecular flexibility index (Phi) is 3.96. The van der Waals surface area contributed by atoms with E-state index in [4.69, 9.17) is 9.84 Å². The molecular formula is C13H12INO2. The van der Waals surface area contributed by atoms with E-state index in [0.29, 0.717) is 5.88 Å². The van der Waals surface area contributed by atoms with Crippen molar-refractivity contribution < 1.29 is 9.84 Å². The molecule has 0 spiro atoms. The van der Waals surface area contributed by atoms with Crippen LogP contribution < -0.4 is 4.74 Å². The van der Waals surface area contributed by atoms with Crippen LogP contribution in [0.2, 0.25) is 0 Å². The van der Waals surface area contributed by atoms with Gasteiger partial charge in [0.05, 0.1) is 10.2 Å². The zero-order chi connectivity index (χ0) is 12.3. The molecule has 0 saturated carbocycles. The van der Waals surface area contributed by atoms with E-state index in [0.717, 1.165) is 20.6 Å². The van der Waals surface area contributed by atoms with E-state index in [1.165, 1.54) is 0 Å². The topological polar surface area (TPSA) is 42.4 Å². The van der Waals surface area contributed by atoms with Gasteiger partial charge in [0.1, 0.15) is 5.75 Å². The molecule has 3 nitrogen and oxygen atoms in total. The van der Waals surface area contributed by atoms with Crippen LogP contribution in [-0.4, -0.2) is 10.1 Å². The molecule has 1 N–H and O–H groups in total. The van der Waals surface area contributed by atoms with Crippen molar-refractivity contribution in [2.45, 2.75) is 13.5 Å². The van der Waals surface area contributed by atoms with Crippen LogP contribution >= 0.6 is 22.6 Å². The minimum absolute atomic E-state index is 0.00833. The lowest BCUT2D eigenvalue weighted by Gasteiger charge is -2.08. The molecule has 4 heteroatoms. The molecule has 0 radical (unpaired) electrons.